The number of hydrogen-bond acceptors (Lipinski definition) is 4. The van der Waals surface area contributed by atoms with E-state index < -0.39 is 23.7 Å². The highest BCUT2D eigenvalue weighted by Crippen LogP contribution is 2.31. The quantitative estimate of drug-likeness (QED) is 0.590. The van der Waals surface area contributed by atoms with E-state index >= 15 is 0 Å². The second-order valence-corrected chi connectivity index (χ2v) is 5.99. The number of benzene rings is 1. The van der Waals surface area contributed by atoms with Crippen LogP contribution in [-0.2, 0) is 9.53 Å². The number of nitrogens with one attached hydrogen (secondary N) is 1. The maximum Gasteiger partial charge on any atom is 0.345 e. The van der Waals surface area contributed by atoms with Gasteiger partial charge in [-0.15, -0.1) is 0 Å². The molecule has 0 saturated heterocycles. The van der Waals surface area contributed by atoms with Gasteiger partial charge in [0.15, 0.2) is 0 Å². The fourth-order valence-electron chi connectivity index (χ4n) is 1.81. The van der Waals surface area contributed by atoms with Crippen molar-refractivity contribution in [2.24, 2.45) is 10.9 Å². The molecule has 138 valence electrons. The zero-order valence-electron chi connectivity index (χ0n) is 14.9. The molecule has 1 unspecified atom stereocenters. The molecule has 25 heavy (non-hydrogen) atoms. The first-order valence-electron chi connectivity index (χ1n) is 7.84. The molecular weight excluding hydrogens is 351 g/mol. The van der Waals surface area contributed by atoms with Crippen LogP contribution in [0.1, 0.15) is 34.6 Å². The maximum absolute atomic E-state index is 14.0. The van der Waals surface area contributed by atoms with Gasteiger partial charge in [-0.05, 0) is 40.7 Å². The number of halogens is 2. The second kappa shape index (κ2) is 9.36. The Kier molecular flexibility index (Phi) is 7.83. The van der Waals surface area contributed by atoms with Crippen molar-refractivity contribution in [3.05, 3.63) is 23.0 Å². The van der Waals surface area contributed by atoms with Gasteiger partial charge in [-0.25, -0.2) is 14.2 Å². The maximum atomic E-state index is 14.0. The molecule has 1 aromatic carbocycles. The Morgan fingerprint density at radius 3 is 2.52 bits per heavy atom. The van der Waals surface area contributed by atoms with Gasteiger partial charge in [-0.3, -0.25) is 4.79 Å². The summed E-state index contributed by atoms with van der Waals surface area (Å²) >= 11 is 5.92. The highest BCUT2D eigenvalue weighted by Gasteiger charge is 2.19. The van der Waals surface area contributed by atoms with Gasteiger partial charge in [0.1, 0.15) is 11.6 Å². The smallest absolute Gasteiger partial charge is 0.345 e. The predicted molar refractivity (Wildman–Crippen MR) is 95.1 cm³/mol. The van der Waals surface area contributed by atoms with Crippen LogP contribution < -0.4 is 10.1 Å². The van der Waals surface area contributed by atoms with Gasteiger partial charge in [0, 0.05) is 11.8 Å². The van der Waals surface area contributed by atoms with E-state index in [9.17, 15) is 14.0 Å². The van der Waals surface area contributed by atoms with E-state index in [2.05, 4.69) is 10.3 Å². The minimum atomic E-state index is -0.814. The Morgan fingerprint density at radius 1 is 1.32 bits per heavy atom. The lowest BCUT2D eigenvalue weighted by atomic mass is 10.1. The Bertz CT molecular complexity index is 677. The Morgan fingerprint density at radius 2 is 1.96 bits per heavy atom. The molecule has 1 atom stereocenters. The summed E-state index contributed by atoms with van der Waals surface area (Å²) in [5, 5.41) is 2.41. The molecule has 1 rings (SSSR count). The number of carbonyl (C=O) groups excluding carboxylic acids is 2. The summed E-state index contributed by atoms with van der Waals surface area (Å²) in [5.41, 5.74) is 0.134. The van der Waals surface area contributed by atoms with Gasteiger partial charge < -0.3 is 14.8 Å². The van der Waals surface area contributed by atoms with Crippen LogP contribution >= 0.6 is 11.6 Å². The van der Waals surface area contributed by atoms with E-state index in [0.717, 1.165) is 6.07 Å². The van der Waals surface area contributed by atoms with Crippen LogP contribution in [0.15, 0.2) is 17.1 Å². The van der Waals surface area contributed by atoms with Crippen LogP contribution in [0, 0.1) is 11.7 Å². The molecule has 0 heterocycles. The van der Waals surface area contributed by atoms with Gasteiger partial charge in [0.25, 0.3) is 0 Å². The molecular formula is C17H22ClFN2O4. The third-order valence-corrected chi connectivity index (χ3v) is 3.47. The number of rotatable bonds is 6. The van der Waals surface area contributed by atoms with E-state index in [0.29, 0.717) is 0 Å². The van der Waals surface area contributed by atoms with Crippen molar-refractivity contribution in [1.29, 1.82) is 0 Å². The summed E-state index contributed by atoms with van der Waals surface area (Å²) in [4.78, 5) is 27.4. The van der Waals surface area contributed by atoms with E-state index in [1.54, 1.807) is 27.7 Å². The van der Waals surface area contributed by atoms with Crippen molar-refractivity contribution < 1.29 is 23.5 Å². The summed E-state index contributed by atoms with van der Waals surface area (Å²) in [5.74, 6) is -1.64. The molecule has 0 aliphatic carbocycles. The summed E-state index contributed by atoms with van der Waals surface area (Å²) in [7, 11) is 0. The Balaban J connectivity index is 2.92. The molecule has 1 aromatic rings. The van der Waals surface area contributed by atoms with Gasteiger partial charge in [-0.2, -0.15) is 0 Å². The first-order chi connectivity index (χ1) is 11.6. The number of esters is 1. The van der Waals surface area contributed by atoms with E-state index in [1.807, 2.05) is 0 Å². The van der Waals surface area contributed by atoms with Crippen LogP contribution in [-0.4, -0.2) is 30.4 Å². The average molecular weight is 373 g/mol. The summed E-state index contributed by atoms with van der Waals surface area (Å²) in [6, 6.07) is 1.52. The van der Waals surface area contributed by atoms with Crippen molar-refractivity contribution >= 4 is 35.0 Å². The molecule has 0 aromatic heterocycles. The molecule has 0 bridgehead atoms. The lowest BCUT2D eigenvalue weighted by Crippen LogP contribution is -2.23. The molecule has 2 amide bonds. The predicted octanol–water partition coefficient (Wildman–Crippen LogP) is 4.46. The minimum absolute atomic E-state index is 0.0971. The van der Waals surface area contributed by atoms with Crippen molar-refractivity contribution in [2.45, 2.75) is 40.7 Å². The normalized spacial score (nSPS) is 12.7. The fourth-order valence-corrected chi connectivity index (χ4v) is 2.00. The van der Waals surface area contributed by atoms with Gasteiger partial charge in [0.2, 0.25) is 0 Å². The lowest BCUT2D eigenvalue weighted by Gasteiger charge is -2.14. The zero-order chi connectivity index (χ0) is 19.1. The molecule has 0 aliphatic heterocycles. The largest absolute Gasteiger partial charge is 0.489 e. The van der Waals surface area contributed by atoms with Crippen LogP contribution in [0.25, 0.3) is 0 Å². The summed E-state index contributed by atoms with van der Waals surface area (Å²) in [6.45, 7) is 8.60. The molecule has 0 radical (unpaired) electrons. The van der Waals surface area contributed by atoms with E-state index in [4.69, 9.17) is 21.1 Å². The number of hydrogen-bond donors (Lipinski definition) is 1. The lowest BCUT2D eigenvalue weighted by molar-refractivity contribution is -0.145. The minimum Gasteiger partial charge on any atom is -0.489 e. The van der Waals surface area contributed by atoms with Crippen LogP contribution in [0.3, 0.4) is 0 Å². The molecule has 0 saturated carbocycles. The number of carbonyl (C=O) groups is 2. The SMILES string of the molecule is CCOC(=O)C(C)C(C)=NC(=O)Nc1cc(OC(C)C)c(Cl)cc1F. The monoisotopic (exact) mass is 372 g/mol. The van der Waals surface area contributed by atoms with Gasteiger partial charge >= 0.3 is 12.0 Å². The number of anilines is 1. The molecule has 8 heteroatoms. The molecule has 0 fully saturated rings. The Hall–Kier alpha value is -2.15. The average Bonchev–Trinajstić information content (AvgIpc) is 2.50. The molecule has 1 N–H and O–H groups in total. The van der Waals surface area contributed by atoms with Crippen molar-refractivity contribution in [1.82, 2.24) is 0 Å². The molecule has 6 nitrogen and oxygen atoms in total. The third-order valence-electron chi connectivity index (χ3n) is 3.17. The number of amides is 2. The molecule has 0 spiro atoms. The van der Waals surface area contributed by atoms with Crippen molar-refractivity contribution in [2.75, 3.05) is 11.9 Å². The number of urea groups is 1. The van der Waals surface area contributed by atoms with E-state index in [-0.39, 0.29) is 34.9 Å². The fraction of sp³-hybridized carbons (Fsp3) is 0.471. The highest BCUT2D eigenvalue weighted by molar-refractivity contribution is 6.32. The second-order valence-electron chi connectivity index (χ2n) is 5.59. The number of aliphatic imine (C=N–C) groups is 1. The van der Waals surface area contributed by atoms with E-state index in [1.165, 1.54) is 13.0 Å². The van der Waals surface area contributed by atoms with Crippen LogP contribution in [0.5, 0.6) is 5.75 Å². The van der Waals surface area contributed by atoms with Crippen molar-refractivity contribution in [3.63, 3.8) is 0 Å². The van der Waals surface area contributed by atoms with Crippen LogP contribution in [0.4, 0.5) is 14.9 Å². The van der Waals surface area contributed by atoms with Crippen molar-refractivity contribution in [3.8, 4) is 5.75 Å². The zero-order valence-corrected chi connectivity index (χ0v) is 15.6. The standard InChI is InChI=1S/C17H22ClFN2O4/c1-6-24-16(22)10(4)11(5)20-17(23)21-14-8-15(25-9(2)3)12(18)7-13(14)19/h7-10H,6H2,1-5H3,(H,21,23). The topological polar surface area (TPSA) is 77.0 Å². The third kappa shape index (κ3) is 6.34. The first-order valence-corrected chi connectivity index (χ1v) is 8.22. The summed E-state index contributed by atoms with van der Waals surface area (Å²) < 4.78 is 24.3. The highest BCUT2D eigenvalue weighted by atomic mass is 35.5. The van der Waals surface area contributed by atoms with Gasteiger partial charge in [-0.1, -0.05) is 11.6 Å². The number of nitrogens with zero attached hydrogens (tertiary/aromatic N) is 1. The Labute approximate surface area is 151 Å². The first kappa shape index (κ1) is 20.9. The number of ether oxygens (including phenoxy) is 2. The molecule has 0 aliphatic rings. The van der Waals surface area contributed by atoms with Gasteiger partial charge in [0.05, 0.1) is 29.3 Å². The summed E-state index contributed by atoms with van der Waals surface area (Å²) in [6.07, 6.45) is -0.169. The van der Waals surface area contributed by atoms with Crippen LogP contribution in [0.2, 0.25) is 5.02 Å².